The smallest absolute Gasteiger partial charge is 0.332 e. The maximum atomic E-state index is 13.0. The van der Waals surface area contributed by atoms with Crippen LogP contribution in [0, 0.1) is 0 Å². The number of alkyl halides is 3. The molecule has 0 aliphatic carbocycles. The molecule has 0 unspecified atom stereocenters. The van der Waals surface area contributed by atoms with E-state index in [9.17, 15) is 13.2 Å². The van der Waals surface area contributed by atoms with Crippen LogP contribution in [0.3, 0.4) is 0 Å². The zero-order valence-corrected chi connectivity index (χ0v) is 13.6. The van der Waals surface area contributed by atoms with E-state index in [0.717, 1.165) is 17.3 Å². The van der Waals surface area contributed by atoms with E-state index in [-0.39, 0.29) is 16.7 Å². The Kier molecular flexibility index (Phi) is 5.26. The van der Waals surface area contributed by atoms with Crippen LogP contribution in [0.1, 0.15) is 30.9 Å². The Morgan fingerprint density at radius 3 is 2.04 bits per heavy atom. The maximum absolute atomic E-state index is 13.0. The van der Waals surface area contributed by atoms with Gasteiger partial charge in [0.15, 0.2) is 5.11 Å². The molecule has 0 aromatic heterocycles. The maximum Gasteiger partial charge on any atom is 0.418 e. The third-order valence-corrected chi connectivity index (χ3v) is 3.52. The Morgan fingerprint density at radius 1 is 0.913 bits per heavy atom. The summed E-state index contributed by atoms with van der Waals surface area (Å²) >= 11 is 5.16. The van der Waals surface area contributed by atoms with Gasteiger partial charge in [0.1, 0.15) is 0 Å². The highest BCUT2D eigenvalue weighted by molar-refractivity contribution is 7.80. The van der Waals surface area contributed by atoms with Gasteiger partial charge in [-0.15, -0.1) is 0 Å². The number of para-hydroxylation sites is 2. The van der Waals surface area contributed by atoms with Crippen molar-refractivity contribution in [1.29, 1.82) is 0 Å². The van der Waals surface area contributed by atoms with E-state index in [4.69, 9.17) is 12.2 Å². The Hall–Kier alpha value is -2.08. The normalized spacial score (nSPS) is 11.4. The van der Waals surface area contributed by atoms with Crippen molar-refractivity contribution in [2.24, 2.45) is 0 Å². The first-order chi connectivity index (χ1) is 10.8. The molecule has 0 amide bonds. The minimum atomic E-state index is -4.44. The number of thiocarbonyl (C=S) groups is 1. The van der Waals surface area contributed by atoms with Gasteiger partial charge in [-0.3, -0.25) is 0 Å². The van der Waals surface area contributed by atoms with Crippen LogP contribution in [0.2, 0.25) is 0 Å². The minimum absolute atomic E-state index is 0.0699. The first-order valence-corrected chi connectivity index (χ1v) is 7.53. The van der Waals surface area contributed by atoms with Crippen LogP contribution in [0.5, 0.6) is 0 Å². The van der Waals surface area contributed by atoms with Crippen molar-refractivity contribution < 1.29 is 13.2 Å². The highest BCUT2D eigenvalue weighted by Gasteiger charge is 2.33. The van der Waals surface area contributed by atoms with Crippen LogP contribution >= 0.6 is 12.2 Å². The fourth-order valence-electron chi connectivity index (χ4n) is 2.23. The predicted octanol–water partition coefficient (Wildman–Crippen LogP) is 5.64. The molecular formula is C17H17F3N2S. The van der Waals surface area contributed by atoms with Gasteiger partial charge < -0.3 is 10.6 Å². The summed E-state index contributed by atoms with van der Waals surface area (Å²) < 4.78 is 39.0. The fourth-order valence-corrected chi connectivity index (χ4v) is 2.45. The lowest BCUT2D eigenvalue weighted by molar-refractivity contribution is -0.136. The van der Waals surface area contributed by atoms with E-state index in [0.29, 0.717) is 0 Å². The second-order valence-electron chi connectivity index (χ2n) is 5.36. The fraction of sp³-hybridized carbons (Fsp3) is 0.235. The molecule has 0 radical (unpaired) electrons. The number of hydrogen-bond acceptors (Lipinski definition) is 1. The standard InChI is InChI=1S/C17H17F3N2S/c1-11(2)12-7-3-5-9-14(12)21-16(23)22-15-10-6-4-8-13(15)17(18,19)20/h3-11H,1-2H3,(H2,21,22,23). The lowest BCUT2D eigenvalue weighted by atomic mass is 10.0. The largest absolute Gasteiger partial charge is 0.418 e. The molecule has 0 saturated heterocycles. The molecule has 0 aliphatic heterocycles. The van der Waals surface area contributed by atoms with Gasteiger partial charge in [0.25, 0.3) is 0 Å². The van der Waals surface area contributed by atoms with E-state index < -0.39 is 11.7 Å². The van der Waals surface area contributed by atoms with Gasteiger partial charge in [0.2, 0.25) is 0 Å². The van der Waals surface area contributed by atoms with Crippen LogP contribution in [0.4, 0.5) is 24.5 Å². The Bertz CT molecular complexity index is 696. The van der Waals surface area contributed by atoms with E-state index in [1.807, 2.05) is 38.1 Å². The Balaban J connectivity index is 2.19. The van der Waals surface area contributed by atoms with Gasteiger partial charge in [-0.1, -0.05) is 44.2 Å². The van der Waals surface area contributed by atoms with Crippen LogP contribution in [0.25, 0.3) is 0 Å². The van der Waals surface area contributed by atoms with Crippen LogP contribution in [-0.4, -0.2) is 5.11 Å². The van der Waals surface area contributed by atoms with E-state index in [2.05, 4.69) is 10.6 Å². The summed E-state index contributed by atoms with van der Waals surface area (Å²) in [6, 6.07) is 12.8. The second kappa shape index (κ2) is 7.00. The zero-order chi connectivity index (χ0) is 17.0. The van der Waals surface area contributed by atoms with Gasteiger partial charge >= 0.3 is 6.18 Å². The molecule has 0 aliphatic rings. The first-order valence-electron chi connectivity index (χ1n) is 7.12. The lowest BCUT2D eigenvalue weighted by Gasteiger charge is -2.18. The highest BCUT2D eigenvalue weighted by atomic mass is 32.1. The average molecular weight is 338 g/mol. The zero-order valence-electron chi connectivity index (χ0n) is 12.7. The molecule has 0 fully saturated rings. The first kappa shape index (κ1) is 17.3. The van der Waals surface area contributed by atoms with Crippen LogP contribution in [-0.2, 0) is 6.18 Å². The van der Waals surface area contributed by atoms with Crippen molar-refractivity contribution in [2.75, 3.05) is 10.6 Å². The summed E-state index contributed by atoms with van der Waals surface area (Å²) in [5, 5.41) is 5.72. The summed E-state index contributed by atoms with van der Waals surface area (Å²) in [7, 11) is 0. The molecule has 0 atom stereocenters. The third kappa shape index (κ3) is 4.45. The summed E-state index contributed by atoms with van der Waals surface area (Å²) in [6.07, 6.45) is -4.44. The van der Waals surface area contributed by atoms with Crippen molar-refractivity contribution in [3.8, 4) is 0 Å². The summed E-state index contributed by atoms with van der Waals surface area (Å²) in [5.74, 6) is 0.268. The SMILES string of the molecule is CC(C)c1ccccc1NC(=S)Nc1ccccc1C(F)(F)F. The van der Waals surface area contributed by atoms with Crippen LogP contribution < -0.4 is 10.6 Å². The number of nitrogens with one attached hydrogen (secondary N) is 2. The third-order valence-electron chi connectivity index (χ3n) is 3.31. The summed E-state index contributed by atoms with van der Waals surface area (Å²) in [6.45, 7) is 4.08. The van der Waals surface area contributed by atoms with Gasteiger partial charge in [-0.25, -0.2) is 0 Å². The van der Waals surface area contributed by atoms with Crippen molar-refractivity contribution in [3.05, 3.63) is 59.7 Å². The number of benzene rings is 2. The van der Waals surface area contributed by atoms with Gasteiger partial charge in [0, 0.05) is 5.69 Å². The molecule has 6 heteroatoms. The lowest BCUT2D eigenvalue weighted by Crippen LogP contribution is -2.22. The van der Waals surface area contributed by atoms with Gasteiger partial charge in [-0.05, 0) is 41.9 Å². The van der Waals surface area contributed by atoms with E-state index in [1.165, 1.54) is 18.2 Å². The number of hydrogen-bond donors (Lipinski definition) is 2. The van der Waals surface area contributed by atoms with Crippen molar-refractivity contribution in [2.45, 2.75) is 25.9 Å². The minimum Gasteiger partial charge on any atom is -0.332 e. The van der Waals surface area contributed by atoms with E-state index in [1.54, 1.807) is 0 Å². The molecular weight excluding hydrogens is 321 g/mol. The van der Waals surface area contributed by atoms with E-state index >= 15 is 0 Å². The number of anilines is 2. The molecule has 0 heterocycles. The molecule has 122 valence electrons. The number of rotatable bonds is 3. The quantitative estimate of drug-likeness (QED) is 0.709. The molecule has 2 N–H and O–H groups in total. The molecule has 2 aromatic rings. The van der Waals surface area contributed by atoms with Crippen molar-refractivity contribution >= 4 is 28.7 Å². The van der Waals surface area contributed by atoms with Crippen molar-refractivity contribution in [3.63, 3.8) is 0 Å². The number of halogens is 3. The Morgan fingerprint density at radius 2 is 1.43 bits per heavy atom. The highest BCUT2D eigenvalue weighted by Crippen LogP contribution is 2.34. The predicted molar refractivity (Wildman–Crippen MR) is 91.8 cm³/mol. The molecule has 0 saturated carbocycles. The summed E-state index contributed by atoms with van der Waals surface area (Å²) in [5.41, 5.74) is 1.01. The second-order valence-corrected chi connectivity index (χ2v) is 5.77. The molecule has 0 spiro atoms. The van der Waals surface area contributed by atoms with Crippen LogP contribution in [0.15, 0.2) is 48.5 Å². The molecule has 23 heavy (non-hydrogen) atoms. The monoisotopic (exact) mass is 338 g/mol. The Labute approximate surface area is 138 Å². The van der Waals surface area contributed by atoms with Gasteiger partial charge in [0.05, 0.1) is 11.3 Å². The molecule has 2 aromatic carbocycles. The topological polar surface area (TPSA) is 24.1 Å². The molecule has 0 bridgehead atoms. The molecule has 2 nitrogen and oxygen atoms in total. The molecule has 2 rings (SSSR count). The summed E-state index contributed by atoms with van der Waals surface area (Å²) in [4.78, 5) is 0. The van der Waals surface area contributed by atoms with Crippen molar-refractivity contribution in [1.82, 2.24) is 0 Å². The van der Waals surface area contributed by atoms with Gasteiger partial charge in [-0.2, -0.15) is 13.2 Å². The average Bonchev–Trinajstić information content (AvgIpc) is 2.47.